The summed E-state index contributed by atoms with van der Waals surface area (Å²) in [7, 11) is -2.95. The van der Waals surface area contributed by atoms with Gasteiger partial charge in [-0.2, -0.15) is 0 Å². The van der Waals surface area contributed by atoms with E-state index < -0.39 is 20.6 Å². The SMILES string of the molecule is CCOC1(OCC)CC[Si](OCC)(OCC)OC1(OCC)OCC. The first-order chi connectivity index (χ1) is 11.5. The number of hydrogen-bond acceptors (Lipinski definition) is 7. The van der Waals surface area contributed by atoms with Crippen LogP contribution in [0.15, 0.2) is 0 Å². The summed E-state index contributed by atoms with van der Waals surface area (Å²) in [6, 6.07) is 0.580. The van der Waals surface area contributed by atoms with Crippen molar-refractivity contribution in [1.82, 2.24) is 0 Å². The van der Waals surface area contributed by atoms with Crippen LogP contribution in [0.2, 0.25) is 6.04 Å². The molecule has 1 aliphatic rings. The number of hydrogen-bond donors (Lipinski definition) is 0. The molecular formula is C16H34O7Si. The molecule has 0 saturated carbocycles. The van der Waals surface area contributed by atoms with Gasteiger partial charge in [0, 0.05) is 52.1 Å². The summed E-state index contributed by atoms with van der Waals surface area (Å²) in [5.41, 5.74) is 0. The fourth-order valence-corrected chi connectivity index (χ4v) is 5.81. The smallest absolute Gasteiger partial charge is 0.374 e. The van der Waals surface area contributed by atoms with Crippen LogP contribution >= 0.6 is 0 Å². The molecule has 7 nitrogen and oxygen atoms in total. The molecule has 0 aromatic heterocycles. The van der Waals surface area contributed by atoms with Crippen LogP contribution in [0.1, 0.15) is 48.0 Å². The van der Waals surface area contributed by atoms with Crippen molar-refractivity contribution >= 4 is 8.80 Å². The molecule has 0 radical (unpaired) electrons. The van der Waals surface area contributed by atoms with Gasteiger partial charge in [-0.05, 0) is 41.5 Å². The van der Waals surface area contributed by atoms with E-state index in [1.807, 2.05) is 41.5 Å². The van der Waals surface area contributed by atoms with Gasteiger partial charge in [0.15, 0.2) is 0 Å². The number of ether oxygens (including phenoxy) is 4. The van der Waals surface area contributed by atoms with E-state index in [0.29, 0.717) is 52.1 Å². The highest BCUT2D eigenvalue weighted by atomic mass is 28.4. The molecule has 0 bridgehead atoms. The van der Waals surface area contributed by atoms with Crippen molar-refractivity contribution in [1.29, 1.82) is 0 Å². The van der Waals surface area contributed by atoms with E-state index >= 15 is 0 Å². The summed E-state index contributed by atoms with van der Waals surface area (Å²) in [6.45, 7) is 14.1. The molecule has 1 rings (SSSR count). The minimum absolute atomic E-state index is 0.380. The molecular weight excluding hydrogens is 332 g/mol. The first-order valence-corrected chi connectivity index (χ1v) is 11.0. The Morgan fingerprint density at radius 2 is 1.17 bits per heavy atom. The second-order valence-corrected chi connectivity index (χ2v) is 7.84. The first kappa shape index (κ1) is 22.0. The largest absolute Gasteiger partial charge is 0.505 e. The molecule has 0 aromatic rings. The molecule has 1 saturated heterocycles. The molecule has 0 spiro atoms. The topological polar surface area (TPSA) is 64.6 Å². The van der Waals surface area contributed by atoms with E-state index in [1.54, 1.807) is 0 Å². The number of rotatable bonds is 12. The predicted molar refractivity (Wildman–Crippen MR) is 91.5 cm³/mol. The van der Waals surface area contributed by atoms with Crippen molar-refractivity contribution in [2.45, 2.75) is 65.8 Å². The molecule has 1 heterocycles. The highest BCUT2D eigenvalue weighted by molar-refractivity contribution is 6.61. The predicted octanol–water partition coefficient (Wildman–Crippen LogP) is 2.91. The highest BCUT2D eigenvalue weighted by Crippen LogP contribution is 2.46. The average molecular weight is 367 g/mol. The standard InChI is InChI=1S/C16H34O7Si/c1-7-17-15(18-8-2)13-14-24(21-11-5,22-12-6)23-16(15,19-9-3)20-10-4/h7-14H2,1-6H3. The van der Waals surface area contributed by atoms with E-state index in [0.717, 1.165) is 0 Å². The normalized spacial score (nSPS) is 21.8. The van der Waals surface area contributed by atoms with E-state index in [4.69, 9.17) is 32.2 Å². The lowest BCUT2D eigenvalue weighted by molar-refractivity contribution is -0.489. The zero-order valence-electron chi connectivity index (χ0n) is 16.0. The zero-order chi connectivity index (χ0) is 18.1. The van der Waals surface area contributed by atoms with Crippen LogP contribution in [0.5, 0.6) is 0 Å². The summed E-state index contributed by atoms with van der Waals surface area (Å²) in [5.74, 6) is -2.65. The van der Waals surface area contributed by atoms with Gasteiger partial charge in [-0.1, -0.05) is 0 Å². The maximum atomic E-state index is 6.34. The van der Waals surface area contributed by atoms with Crippen molar-refractivity contribution in [3.8, 4) is 0 Å². The van der Waals surface area contributed by atoms with Crippen LogP contribution in [0, 0.1) is 0 Å². The third-order valence-corrected chi connectivity index (χ3v) is 6.57. The molecule has 0 atom stereocenters. The van der Waals surface area contributed by atoms with Crippen LogP contribution < -0.4 is 0 Å². The molecule has 8 heteroatoms. The molecule has 0 aromatic carbocycles. The van der Waals surface area contributed by atoms with Gasteiger partial charge >= 0.3 is 14.8 Å². The van der Waals surface area contributed by atoms with Crippen LogP contribution in [0.4, 0.5) is 0 Å². The fraction of sp³-hybridized carbons (Fsp3) is 1.00. The van der Waals surface area contributed by atoms with Crippen LogP contribution in [0.25, 0.3) is 0 Å². The Balaban J connectivity index is 3.30. The van der Waals surface area contributed by atoms with Crippen LogP contribution in [0.3, 0.4) is 0 Å². The van der Waals surface area contributed by atoms with Crippen LogP contribution in [-0.2, 0) is 32.2 Å². The fourth-order valence-electron chi connectivity index (χ4n) is 3.02. The Bertz CT molecular complexity index is 335. The van der Waals surface area contributed by atoms with Crippen molar-refractivity contribution < 1.29 is 32.2 Å². The summed E-state index contributed by atoms with van der Waals surface area (Å²) < 4.78 is 42.1. The Hall–Kier alpha value is -0.0631. The molecule has 24 heavy (non-hydrogen) atoms. The molecule has 0 aliphatic carbocycles. The third kappa shape index (κ3) is 4.56. The molecule has 0 unspecified atom stereocenters. The van der Waals surface area contributed by atoms with Gasteiger partial charge < -0.3 is 32.2 Å². The zero-order valence-corrected chi connectivity index (χ0v) is 17.0. The average Bonchev–Trinajstić information content (AvgIpc) is 2.53. The van der Waals surface area contributed by atoms with Gasteiger partial charge in [-0.25, -0.2) is 0 Å². The second kappa shape index (κ2) is 10.2. The minimum Gasteiger partial charge on any atom is -0.374 e. The lowest BCUT2D eigenvalue weighted by Crippen LogP contribution is -2.71. The lowest BCUT2D eigenvalue weighted by atomic mass is 10.1. The maximum absolute atomic E-state index is 6.34. The molecule has 0 amide bonds. The van der Waals surface area contributed by atoms with Gasteiger partial charge in [0.25, 0.3) is 5.79 Å². The lowest BCUT2D eigenvalue weighted by Gasteiger charge is -2.53. The molecule has 1 fully saturated rings. The summed E-state index contributed by atoms with van der Waals surface area (Å²) in [4.78, 5) is 0. The van der Waals surface area contributed by atoms with E-state index in [-0.39, 0.29) is 0 Å². The highest BCUT2D eigenvalue weighted by Gasteiger charge is 2.68. The van der Waals surface area contributed by atoms with E-state index in [2.05, 4.69) is 0 Å². The van der Waals surface area contributed by atoms with E-state index in [1.165, 1.54) is 0 Å². The van der Waals surface area contributed by atoms with Gasteiger partial charge in [-0.3, -0.25) is 0 Å². The second-order valence-electron chi connectivity index (χ2n) is 5.19. The first-order valence-electron chi connectivity index (χ1n) is 9.06. The Labute approximate surface area is 147 Å². The van der Waals surface area contributed by atoms with Crippen molar-refractivity contribution in [2.24, 2.45) is 0 Å². The molecule has 0 N–H and O–H groups in total. The van der Waals surface area contributed by atoms with Crippen LogP contribution in [-0.4, -0.2) is 60.2 Å². The molecule has 144 valence electrons. The third-order valence-electron chi connectivity index (χ3n) is 3.67. The van der Waals surface area contributed by atoms with Crippen molar-refractivity contribution in [3.05, 3.63) is 0 Å². The van der Waals surface area contributed by atoms with Crippen molar-refractivity contribution in [2.75, 3.05) is 39.6 Å². The van der Waals surface area contributed by atoms with Gasteiger partial charge in [-0.15, -0.1) is 0 Å². The Morgan fingerprint density at radius 3 is 1.54 bits per heavy atom. The monoisotopic (exact) mass is 366 g/mol. The maximum Gasteiger partial charge on any atom is 0.505 e. The van der Waals surface area contributed by atoms with Gasteiger partial charge in [0.2, 0.25) is 0 Å². The molecule has 1 aliphatic heterocycles. The van der Waals surface area contributed by atoms with E-state index in [9.17, 15) is 0 Å². The quantitative estimate of drug-likeness (QED) is 0.389. The van der Waals surface area contributed by atoms with Crippen molar-refractivity contribution in [3.63, 3.8) is 0 Å². The Kier molecular flexibility index (Phi) is 9.32. The Morgan fingerprint density at radius 1 is 0.708 bits per heavy atom. The summed E-state index contributed by atoms with van der Waals surface area (Å²) >= 11 is 0. The summed E-state index contributed by atoms with van der Waals surface area (Å²) in [5, 5.41) is 0. The minimum atomic E-state index is -2.95. The van der Waals surface area contributed by atoms with Gasteiger partial charge in [0.1, 0.15) is 0 Å². The van der Waals surface area contributed by atoms with Gasteiger partial charge in [0.05, 0.1) is 0 Å². The summed E-state index contributed by atoms with van der Waals surface area (Å²) in [6.07, 6.45) is 0.515.